The van der Waals surface area contributed by atoms with E-state index in [-0.39, 0.29) is 5.82 Å². The lowest BCUT2D eigenvalue weighted by Crippen LogP contribution is -2.37. The van der Waals surface area contributed by atoms with Crippen LogP contribution in [0, 0.1) is 11.8 Å². The van der Waals surface area contributed by atoms with E-state index in [9.17, 15) is 8.78 Å². The molecule has 1 aliphatic heterocycles. The molecule has 0 bridgehead atoms. The Bertz CT molecular complexity index is 722. The predicted molar refractivity (Wildman–Crippen MR) is 85.3 cm³/mol. The Morgan fingerprint density at radius 2 is 1.75 bits per heavy atom. The van der Waals surface area contributed by atoms with E-state index in [0.29, 0.717) is 37.8 Å². The van der Waals surface area contributed by atoms with E-state index < -0.39 is 22.5 Å². The molecule has 0 N–H and O–H groups in total. The molecule has 0 saturated carbocycles. The Morgan fingerprint density at radius 3 is 2.38 bits per heavy atom. The van der Waals surface area contributed by atoms with Gasteiger partial charge in [0.2, 0.25) is 11.8 Å². The maximum Gasteiger partial charge on any atom is 0.237 e. The highest BCUT2D eigenvalue weighted by Crippen LogP contribution is 2.38. The second-order valence-corrected chi connectivity index (χ2v) is 5.44. The molecule has 1 aromatic carbocycles. The molecule has 0 atom stereocenters. The van der Waals surface area contributed by atoms with Crippen molar-refractivity contribution in [2.75, 3.05) is 38.3 Å². The van der Waals surface area contributed by atoms with Crippen molar-refractivity contribution >= 4 is 17.4 Å². The van der Waals surface area contributed by atoms with Gasteiger partial charge in [0.25, 0.3) is 0 Å². The van der Waals surface area contributed by atoms with Gasteiger partial charge < -0.3 is 19.1 Å². The minimum absolute atomic E-state index is 0.135. The SMILES string of the molecule is COc1ccc(Oc2c(F)c(N3CCOCC3)nc(F)c2Cl)cc1. The number of nitrogens with zero attached hydrogens (tertiary/aromatic N) is 2. The average Bonchev–Trinajstić information content (AvgIpc) is 2.63. The van der Waals surface area contributed by atoms with Gasteiger partial charge in [0.15, 0.2) is 11.6 Å². The molecule has 2 heterocycles. The predicted octanol–water partition coefficient (Wildman–Crippen LogP) is 3.65. The van der Waals surface area contributed by atoms with Crippen LogP contribution in [-0.2, 0) is 4.74 Å². The number of hydrogen-bond acceptors (Lipinski definition) is 5. The van der Waals surface area contributed by atoms with Crippen LogP contribution in [0.3, 0.4) is 0 Å². The van der Waals surface area contributed by atoms with E-state index in [4.69, 9.17) is 25.8 Å². The van der Waals surface area contributed by atoms with Crippen LogP contribution < -0.4 is 14.4 Å². The topological polar surface area (TPSA) is 43.8 Å². The summed E-state index contributed by atoms with van der Waals surface area (Å²) in [4.78, 5) is 5.22. The number of ether oxygens (including phenoxy) is 3. The van der Waals surface area contributed by atoms with Crippen LogP contribution in [0.2, 0.25) is 5.02 Å². The minimum atomic E-state index is -0.983. The van der Waals surface area contributed by atoms with Gasteiger partial charge in [-0.1, -0.05) is 11.6 Å². The van der Waals surface area contributed by atoms with Gasteiger partial charge in [-0.15, -0.1) is 0 Å². The molecule has 1 fully saturated rings. The third-order valence-corrected chi connectivity index (χ3v) is 3.90. The second-order valence-electron chi connectivity index (χ2n) is 5.06. The van der Waals surface area contributed by atoms with Crippen LogP contribution >= 0.6 is 11.6 Å². The van der Waals surface area contributed by atoms with Crippen molar-refractivity contribution in [1.82, 2.24) is 4.98 Å². The van der Waals surface area contributed by atoms with Gasteiger partial charge >= 0.3 is 0 Å². The minimum Gasteiger partial charge on any atom is -0.497 e. The third-order valence-electron chi connectivity index (χ3n) is 3.57. The molecule has 1 aliphatic rings. The van der Waals surface area contributed by atoms with Crippen LogP contribution in [0.25, 0.3) is 0 Å². The van der Waals surface area contributed by atoms with Crippen LogP contribution in [0.4, 0.5) is 14.6 Å². The molecule has 2 aromatic rings. The summed E-state index contributed by atoms with van der Waals surface area (Å²) < 4.78 is 44.5. The molecule has 8 heteroatoms. The zero-order valence-electron chi connectivity index (χ0n) is 12.9. The number of aromatic nitrogens is 1. The van der Waals surface area contributed by atoms with Gasteiger partial charge in [-0.05, 0) is 24.3 Å². The molecule has 0 aliphatic carbocycles. The van der Waals surface area contributed by atoms with E-state index in [1.807, 2.05) is 0 Å². The van der Waals surface area contributed by atoms with Crippen LogP contribution in [0.15, 0.2) is 24.3 Å². The smallest absolute Gasteiger partial charge is 0.237 e. The lowest BCUT2D eigenvalue weighted by Gasteiger charge is -2.28. The molecule has 128 valence electrons. The number of rotatable bonds is 4. The summed E-state index contributed by atoms with van der Waals surface area (Å²) in [5.74, 6) is -1.40. The van der Waals surface area contributed by atoms with Crippen molar-refractivity contribution in [2.45, 2.75) is 0 Å². The van der Waals surface area contributed by atoms with Crippen molar-refractivity contribution in [3.63, 3.8) is 0 Å². The molecule has 1 aromatic heterocycles. The highest BCUT2D eigenvalue weighted by atomic mass is 35.5. The van der Waals surface area contributed by atoms with Crippen molar-refractivity contribution in [1.29, 1.82) is 0 Å². The molecule has 3 rings (SSSR count). The standard InChI is InChI=1S/C16H15ClF2N2O3/c1-22-10-2-4-11(5-3-10)24-14-12(17)15(19)20-16(13(14)18)21-6-8-23-9-7-21/h2-5H,6-9H2,1H3. The highest BCUT2D eigenvalue weighted by molar-refractivity contribution is 6.32. The van der Waals surface area contributed by atoms with Crippen molar-refractivity contribution in [2.24, 2.45) is 0 Å². The average molecular weight is 357 g/mol. The lowest BCUT2D eigenvalue weighted by atomic mass is 10.3. The zero-order valence-corrected chi connectivity index (χ0v) is 13.6. The van der Waals surface area contributed by atoms with Crippen LogP contribution in [0.5, 0.6) is 17.2 Å². The Balaban J connectivity index is 1.94. The summed E-state index contributed by atoms with van der Waals surface area (Å²) in [6, 6.07) is 6.42. The summed E-state index contributed by atoms with van der Waals surface area (Å²) in [5.41, 5.74) is 0. The van der Waals surface area contributed by atoms with Crippen molar-refractivity contribution in [3.05, 3.63) is 41.1 Å². The first-order valence-corrected chi connectivity index (χ1v) is 7.67. The largest absolute Gasteiger partial charge is 0.497 e. The molecule has 0 spiro atoms. The molecular weight excluding hydrogens is 342 g/mol. The van der Waals surface area contributed by atoms with E-state index in [1.165, 1.54) is 7.11 Å². The molecule has 0 unspecified atom stereocenters. The maximum absolute atomic E-state index is 14.8. The Hall–Kier alpha value is -2.12. The summed E-state index contributed by atoms with van der Waals surface area (Å²) >= 11 is 5.85. The Labute approximate surface area is 142 Å². The van der Waals surface area contributed by atoms with E-state index >= 15 is 0 Å². The lowest BCUT2D eigenvalue weighted by molar-refractivity contribution is 0.122. The van der Waals surface area contributed by atoms with Gasteiger partial charge in [-0.2, -0.15) is 13.8 Å². The molecule has 5 nitrogen and oxygen atoms in total. The molecule has 24 heavy (non-hydrogen) atoms. The third kappa shape index (κ3) is 3.37. The van der Waals surface area contributed by atoms with E-state index in [0.717, 1.165) is 0 Å². The molecule has 1 saturated heterocycles. The van der Waals surface area contributed by atoms with Gasteiger partial charge in [0.05, 0.1) is 20.3 Å². The van der Waals surface area contributed by atoms with Gasteiger partial charge in [0, 0.05) is 13.1 Å². The first-order valence-electron chi connectivity index (χ1n) is 7.29. The Kier molecular flexibility index (Phi) is 5.01. The van der Waals surface area contributed by atoms with Crippen molar-refractivity contribution < 1.29 is 23.0 Å². The van der Waals surface area contributed by atoms with E-state index in [2.05, 4.69) is 4.98 Å². The molecule has 0 radical (unpaired) electrons. The number of methoxy groups -OCH3 is 1. The first-order chi connectivity index (χ1) is 11.6. The summed E-state index contributed by atoms with van der Waals surface area (Å²) in [7, 11) is 1.53. The monoisotopic (exact) mass is 356 g/mol. The zero-order chi connectivity index (χ0) is 17.1. The van der Waals surface area contributed by atoms with Crippen LogP contribution in [-0.4, -0.2) is 38.4 Å². The fourth-order valence-corrected chi connectivity index (χ4v) is 2.48. The summed E-state index contributed by atoms with van der Waals surface area (Å²) in [5, 5.41) is -0.500. The normalized spacial score (nSPS) is 14.6. The number of hydrogen-bond donors (Lipinski definition) is 0. The number of halogens is 3. The fourth-order valence-electron chi connectivity index (χ4n) is 2.32. The highest BCUT2D eigenvalue weighted by Gasteiger charge is 2.25. The quantitative estimate of drug-likeness (QED) is 0.782. The number of benzene rings is 1. The number of morpholine rings is 1. The second kappa shape index (κ2) is 7.19. The number of pyridine rings is 1. The van der Waals surface area contributed by atoms with Crippen LogP contribution in [0.1, 0.15) is 0 Å². The number of anilines is 1. The maximum atomic E-state index is 14.8. The first kappa shape index (κ1) is 16.7. The summed E-state index contributed by atoms with van der Waals surface area (Å²) in [6.07, 6.45) is 0. The van der Waals surface area contributed by atoms with Gasteiger partial charge in [0.1, 0.15) is 16.5 Å². The summed E-state index contributed by atoms with van der Waals surface area (Å²) in [6.45, 7) is 1.65. The van der Waals surface area contributed by atoms with Gasteiger partial charge in [-0.3, -0.25) is 0 Å². The molecule has 0 amide bonds. The van der Waals surface area contributed by atoms with Crippen molar-refractivity contribution in [3.8, 4) is 17.2 Å². The fraction of sp³-hybridized carbons (Fsp3) is 0.312. The molecular formula is C16H15ClF2N2O3. The van der Waals surface area contributed by atoms with Gasteiger partial charge in [-0.25, -0.2) is 0 Å². The van der Waals surface area contributed by atoms with E-state index in [1.54, 1.807) is 29.2 Å². The Morgan fingerprint density at radius 1 is 1.12 bits per heavy atom.